The zero-order chi connectivity index (χ0) is 15.6. The second-order valence-corrected chi connectivity index (χ2v) is 5.08. The number of fused-ring (bicyclic) bond motifs is 2. The minimum atomic E-state index is -0.969. The zero-order valence-corrected chi connectivity index (χ0v) is 12.4. The second-order valence-electron chi connectivity index (χ2n) is 5.08. The highest BCUT2D eigenvalue weighted by atomic mass is 16.6. The maximum absolute atomic E-state index is 12.2. The number of rotatable bonds is 4. The van der Waals surface area contributed by atoms with E-state index in [-0.39, 0.29) is 18.4 Å². The van der Waals surface area contributed by atoms with Crippen LogP contribution in [0.5, 0.6) is 0 Å². The molecule has 2 aliphatic heterocycles. The van der Waals surface area contributed by atoms with Crippen molar-refractivity contribution in [3.05, 3.63) is 23.8 Å². The van der Waals surface area contributed by atoms with Gasteiger partial charge >= 0.3 is 11.9 Å². The van der Waals surface area contributed by atoms with E-state index in [1.54, 1.807) is 20.0 Å². The first kappa shape index (κ1) is 15.3. The predicted octanol–water partition coefficient (Wildman–Crippen LogP) is 0.824. The molecule has 6 heteroatoms. The van der Waals surface area contributed by atoms with Crippen molar-refractivity contribution in [2.45, 2.75) is 32.4 Å². The molecule has 6 nitrogen and oxygen atoms in total. The molecule has 3 atom stereocenters. The van der Waals surface area contributed by atoms with Crippen LogP contribution in [0.15, 0.2) is 23.8 Å². The molecule has 21 heavy (non-hydrogen) atoms. The van der Waals surface area contributed by atoms with E-state index in [1.165, 1.54) is 11.8 Å². The van der Waals surface area contributed by atoms with Gasteiger partial charge in [0, 0.05) is 7.05 Å². The summed E-state index contributed by atoms with van der Waals surface area (Å²) in [4.78, 5) is 37.3. The molecule has 0 saturated heterocycles. The number of amides is 1. The summed E-state index contributed by atoms with van der Waals surface area (Å²) in [6.45, 7) is 3.38. The van der Waals surface area contributed by atoms with Gasteiger partial charge in [0.05, 0.1) is 24.1 Å². The van der Waals surface area contributed by atoms with Gasteiger partial charge in [-0.05, 0) is 20.3 Å². The van der Waals surface area contributed by atoms with Gasteiger partial charge in [0.2, 0.25) is 5.91 Å². The van der Waals surface area contributed by atoms with Crippen molar-refractivity contribution in [2.24, 2.45) is 5.92 Å². The molecule has 1 aliphatic carbocycles. The van der Waals surface area contributed by atoms with Gasteiger partial charge < -0.3 is 14.4 Å². The molecule has 2 bridgehead atoms. The zero-order valence-electron chi connectivity index (χ0n) is 12.4. The lowest BCUT2D eigenvalue weighted by Gasteiger charge is -2.30. The molecule has 3 rings (SSSR count). The molecule has 0 aromatic heterocycles. The van der Waals surface area contributed by atoms with Crippen molar-refractivity contribution in [3.63, 3.8) is 0 Å². The number of hydrogen-bond acceptors (Lipinski definition) is 5. The van der Waals surface area contributed by atoms with Crippen molar-refractivity contribution in [2.75, 3.05) is 13.7 Å². The fourth-order valence-electron chi connectivity index (χ4n) is 2.46. The summed E-state index contributed by atoms with van der Waals surface area (Å²) in [5.74, 6) is -1.41. The van der Waals surface area contributed by atoms with Crippen molar-refractivity contribution < 1.29 is 23.9 Å². The average molecular weight is 293 g/mol. The summed E-state index contributed by atoms with van der Waals surface area (Å²) in [5.41, 5.74) is 0.387. The molecule has 0 unspecified atom stereocenters. The van der Waals surface area contributed by atoms with E-state index in [4.69, 9.17) is 9.47 Å². The lowest BCUT2D eigenvalue weighted by molar-refractivity contribution is -0.164. The largest absolute Gasteiger partial charge is 0.463 e. The third-order valence-electron chi connectivity index (χ3n) is 3.66. The van der Waals surface area contributed by atoms with E-state index in [0.717, 1.165) is 0 Å². The first-order chi connectivity index (χ1) is 9.95. The Kier molecular flexibility index (Phi) is 4.45. The van der Waals surface area contributed by atoms with Crippen molar-refractivity contribution >= 4 is 17.8 Å². The van der Waals surface area contributed by atoms with Crippen LogP contribution in [0.25, 0.3) is 0 Å². The molecular weight excluding hydrogens is 274 g/mol. The monoisotopic (exact) mass is 293 g/mol. The van der Waals surface area contributed by atoms with Crippen LogP contribution in [0.4, 0.5) is 0 Å². The normalized spacial score (nSPS) is 25.2. The fourth-order valence-corrected chi connectivity index (χ4v) is 2.46. The Hall–Kier alpha value is -2.11. The van der Waals surface area contributed by atoms with Gasteiger partial charge in [-0.15, -0.1) is 0 Å². The molecule has 0 fully saturated rings. The second kappa shape index (κ2) is 6.11. The van der Waals surface area contributed by atoms with Crippen molar-refractivity contribution in [3.8, 4) is 0 Å². The van der Waals surface area contributed by atoms with Crippen LogP contribution in [-0.2, 0) is 23.9 Å². The van der Waals surface area contributed by atoms with Gasteiger partial charge in [0.15, 0.2) is 6.10 Å². The standard InChI is InChI=1S/C15H19NO5/c1-4-20-14(18)9(2)21-15(19)11-7-5-10-6-8-12(11)16(3)13(10)17/h6-10,12H,4-5H2,1-3H3/t9-,10+,12+/m0/s1. The van der Waals surface area contributed by atoms with E-state index < -0.39 is 24.1 Å². The third-order valence-corrected chi connectivity index (χ3v) is 3.66. The SMILES string of the molecule is CCOC(=O)[C@H](C)OC(=O)C1=CC[C@@H]2C=C[C@H]1N(C)C2=O. The molecule has 0 aromatic rings. The van der Waals surface area contributed by atoms with Gasteiger partial charge in [-0.1, -0.05) is 18.2 Å². The third kappa shape index (κ3) is 2.99. The Morgan fingerprint density at radius 1 is 1.43 bits per heavy atom. The van der Waals surface area contributed by atoms with Crippen LogP contribution in [0.3, 0.4) is 0 Å². The molecule has 3 aliphatic rings. The minimum absolute atomic E-state index is 0.0139. The smallest absolute Gasteiger partial charge is 0.347 e. The minimum Gasteiger partial charge on any atom is -0.463 e. The quantitative estimate of drug-likeness (QED) is 0.567. The van der Waals surface area contributed by atoms with E-state index >= 15 is 0 Å². The van der Waals surface area contributed by atoms with Gasteiger partial charge in [-0.2, -0.15) is 0 Å². The van der Waals surface area contributed by atoms with Crippen LogP contribution in [-0.4, -0.2) is 48.5 Å². The summed E-state index contributed by atoms with van der Waals surface area (Å²) in [5, 5.41) is 0. The Morgan fingerprint density at radius 3 is 2.81 bits per heavy atom. The van der Waals surface area contributed by atoms with E-state index in [1.807, 2.05) is 12.2 Å². The van der Waals surface area contributed by atoms with Gasteiger partial charge in [0.25, 0.3) is 0 Å². The lowest BCUT2D eigenvalue weighted by Crippen LogP contribution is -2.43. The van der Waals surface area contributed by atoms with E-state index in [2.05, 4.69) is 0 Å². The van der Waals surface area contributed by atoms with Crippen molar-refractivity contribution in [1.29, 1.82) is 0 Å². The molecule has 1 amide bonds. The Labute approximate surface area is 123 Å². The Bertz CT molecular complexity index is 522. The number of esters is 2. The molecule has 0 N–H and O–H groups in total. The molecule has 114 valence electrons. The molecule has 0 radical (unpaired) electrons. The van der Waals surface area contributed by atoms with Gasteiger partial charge in [-0.25, -0.2) is 9.59 Å². The molecule has 2 heterocycles. The summed E-state index contributed by atoms with van der Waals surface area (Å²) in [6.07, 6.45) is 4.86. The van der Waals surface area contributed by atoms with Crippen molar-refractivity contribution in [1.82, 2.24) is 4.90 Å². The molecule has 0 spiro atoms. The first-order valence-electron chi connectivity index (χ1n) is 6.98. The topological polar surface area (TPSA) is 72.9 Å². The number of carbonyl (C=O) groups excluding carboxylic acids is 3. The average Bonchev–Trinajstić information content (AvgIpc) is 2.73. The van der Waals surface area contributed by atoms with Crippen LogP contribution in [0.2, 0.25) is 0 Å². The van der Waals surface area contributed by atoms with Crippen LogP contribution in [0.1, 0.15) is 20.3 Å². The number of hydrogen-bond donors (Lipinski definition) is 0. The Morgan fingerprint density at radius 2 is 2.14 bits per heavy atom. The number of ether oxygens (including phenoxy) is 2. The van der Waals surface area contributed by atoms with Crippen LogP contribution >= 0.6 is 0 Å². The highest BCUT2D eigenvalue weighted by molar-refractivity contribution is 5.95. The van der Waals surface area contributed by atoms with Gasteiger partial charge in [0.1, 0.15) is 0 Å². The molecule has 0 aromatic carbocycles. The first-order valence-corrected chi connectivity index (χ1v) is 6.98. The van der Waals surface area contributed by atoms with Gasteiger partial charge in [-0.3, -0.25) is 4.79 Å². The van der Waals surface area contributed by atoms with E-state index in [9.17, 15) is 14.4 Å². The molecule has 0 saturated carbocycles. The fraction of sp³-hybridized carbons (Fsp3) is 0.533. The molecular formula is C15H19NO5. The lowest BCUT2D eigenvalue weighted by atomic mass is 10.00. The summed E-state index contributed by atoms with van der Waals surface area (Å²) in [7, 11) is 1.66. The summed E-state index contributed by atoms with van der Waals surface area (Å²) >= 11 is 0. The number of likely N-dealkylation sites (N-methyl/N-ethyl adjacent to an activating group) is 1. The highest BCUT2D eigenvalue weighted by Gasteiger charge is 2.37. The number of nitrogens with zero attached hydrogens (tertiary/aromatic N) is 1. The Balaban J connectivity index is 2.09. The number of allylic oxidation sites excluding steroid dienone is 1. The van der Waals surface area contributed by atoms with Crippen LogP contribution < -0.4 is 0 Å². The van der Waals surface area contributed by atoms with Crippen LogP contribution in [0, 0.1) is 5.92 Å². The predicted molar refractivity (Wildman–Crippen MR) is 74.1 cm³/mol. The highest BCUT2D eigenvalue weighted by Crippen LogP contribution is 2.29. The summed E-state index contributed by atoms with van der Waals surface area (Å²) in [6, 6.07) is -0.432. The maximum atomic E-state index is 12.2. The maximum Gasteiger partial charge on any atom is 0.347 e. The summed E-state index contributed by atoms with van der Waals surface area (Å²) < 4.78 is 9.94. The van der Waals surface area contributed by atoms with E-state index in [0.29, 0.717) is 12.0 Å². The number of carbonyl (C=O) groups is 3.